The first-order chi connectivity index (χ1) is 3.81. The van der Waals surface area contributed by atoms with Gasteiger partial charge in [0.2, 0.25) is 0 Å². The van der Waals surface area contributed by atoms with Crippen LogP contribution in [0.3, 0.4) is 0 Å². The van der Waals surface area contributed by atoms with Crippen LogP contribution in [0.25, 0.3) is 0 Å². The standard InChI is InChI=1S/C5H10O2Si/c1-3-4-5(2)7-8-6/h3,5-6H,1,4H2,2H3. The van der Waals surface area contributed by atoms with Crippen LogP contribution in [0.2, 0.25) is 0 Å². The van der Waals surface area contributed by atoms with E-state index in [9.17, 15) is 0 Å². The van der Waals surface area contributed by atoms with E-state index in [1.807, 2.05) is 6.92 Å². The fraction of sp³-hybridized carbons (Fsp3) is 0.600. The van der Waals surface area contributed by atoms with Gasteiger partial charge in [0.1, 0.15) is 0 Å². The topological polar surface area (TPSA) is 29.5 Å². The molecule has 8 heavy (non-hydrogen) atoms. The van der Waals surface area contributed by atoms with Crippen LogP contribution in [-0.4, -0.2) is 20.9 Å². The van der Waals surface area contributed by atoms with Gasteiger partial charge in [0.05, 0.1) is 0 Å². The molecule has 0 saturated heterocycles. The molecule has 0 spiro atoms. The van der Waals surface area contributed by atoms with E-state index in [4.69, 9.17) is 9.22 Å². The number of hydrogen-bond donors (Lipinski definition) is 1. The molecule has 2 radical (unpaired) electrons. The molecule has 3 heteroatoms. The summed E-state index contributed by atoms with van der Waals surface area (Å²) in [6.07, 6.45) is 2.68. The summed E-state index contributed by atoms with van der Waals surface area (Å²) in [6.45, 7) is 5.42. The van der Waals surface area contributed by atoms with Gasteiger partial charge in [-0.05, 0) is 13.3 Å². The molecule has 46 valence electrons. The third-order valence-electron chi connectivity index (χ3n) is 0.752. The van der Waals surface area contributed by atoms with E-state index in [-0.39, 0.29) is 6.10 Å². The third-order valence-corrected chi connectivity index (χ3v) is 1.26. The molecule has 0 aliphatic carbocycles. The van der Waals surface area contributed by atoms with Gasteiger partial charge in [-0.3, -0.25) is 0 Å². The Morgan fingerprint density at radius 3 is 3.00 bits per heavy atom. The van der Waals surface area contributed by atoms with Crippen molar-refractivity contribution in [1.82, 2.24) is 0 Å². The average molecular weight is 130 g/mol. The second kappa shape index (κ2) is 5.02. The predicted octanol–water partition coefficient (Wildman–Crippen LogP) is 0.494. The molecular formula is C5H10O2Si. The summed E-state index contributed by atoms with van der Waals surface area (Å²) in [6, 6.07) is 0. The van der Waals surface area contributed by atoms with Crippen molar-refractivity contribution in [1.29, 1.82) is 0 Å². The predicted molar refractivity (Wildman–Crippen MR) is 33.3 cm³/mol. The Kier molecular flexibility index (Phi) is 4.95. The molecule has 0 aliphatic rings. The second-order valence-corrected chi connectivity index (χ2v) is 1.96. The van der Waals surface area contributed by atoms with Crippen molar-refractivity contribution in [2.24, 2.45) is 0 Å². The Labute approximate surface area is 52.2 Å². The fourth-order valence-corrected chi connectivity index (χ4v) is 0.649. The molecule has 1 N–H and O–H groups in total. The average Bonchev–Trinajstić information content (AvgIpc) is 1.68. The first-order valence-corrected chi connectivity index (χ1v) is 3.32. The van der Waals surface area contributed by atoms with Gasteiger partial charge in [0.25, 0.3) is 0 Å². The lowest BCUT2D eigenvalue weighted by Crippen LogP contribution is -2.09. The van der Waals surface area contributed by atoms with Gasteiger partial charge in [-0.1, -0.05) is 6.08 Å². The zero-order valence-electron chi connectivity index (χ0n) is 4.92. The van der Waals surface area contributed by atoms with Crippen LogP contribution < -0.4 is 0 Å². The first kappa shape index (κ1) is 7.88. The fourth-order valence-electron chi connectivity index (χ4n) is 0.373. The zero-order chi connectivity index (χ0) is 6.41. The summed E-state index contributed by atoms with van der Waals surface area (Å²) in [5.74, 6) is 0. The van der Waals surface area contributed by atoms with Crippen LogP contribution in [-0.2, 0) is 4.43 Å². The summed E-state index contributed by atoms with van der Waals surface area (Å²) in [5.41, 5.74) is 0. The summed E-state index contributed by atoms with van der Waals surface area (Å²) in [4.78, 5) is 8.23. The Bertz CT molecular complexity index is 65.4. The Hall–Kier alpha value is -0.123. The first-order valence-electron chi connectivity index (χ1n) is 2.47. The van der Waals surface area contributed by atoms with E-state index in [0.717, 1.165) is 6.42 Å². The van der Waals surface area contributed by atoms with Gasteiger partial charge in [0, 0.05) is 6.10 Å². The van der Waals surface area contributed by atoms with Gasteiger partial charge in [-0.15, -0.1) is 6.58 Å². The van der Waals surface area contributed by atoms with Crippen molar-refractivity contribution in [2.45, 2.75) is 19.4 Å². The lowest BCUT2D eigenvalue weighted by Gasteiger charge is -2.04. The van der Waals surface area contributed by atoms with E-state index < -0.39 is 10.0 Å². The van der Waals surface area contributed by atoms with Crippen molar-refractivity contribution < 1.29 is 9.22 Å². The SMILES string of the molecule is C=CCC(C)O[Si]O. The molecule has 0 rings (SSSR count). The van der Waals surface area contributed by atoms with E-state index >= 15 is 0 Å². The van der Waals surface area contributed by atoms with Crippen molar-refractivity contribution in [3.63, 3.8) is 0 Å². The second-order valence-electron chi connectivity index (χ2n) is 1.54. The number of hydrogen-bond acceptors (Lipinski definition) is 2. The van der Waals surface area contributed by atoms with Crippen molar-refractivity contribution in [2.75, 3.05) is 0 Å². The summed E-state index contributed by atoms with van der Waals surface area (Å²) >= 11 is 0. The van der Waals surface area contributed by atoms with Gasteiger partial charge >= 0.3 is 10.0 Å². The van der Waals surface area contributed by atoms with Crippen LogP contribution in [0.1, 0.15) is 13.3 Å². The third kappa shape index (κ3) is 4.05. The lowest BCUT2D eigenvalue weighted by atomic mass is 10.3. The van der Waals surface area contributed by atoms with E-state index in [0.29, 0.717) is 0 Å². The molecule has 0 bridgehead atoms. The summed E-state index contributed by atoms with van der Waals surface area (Å²) in [7, 11) is -0.400. The van der Waals surface area contributed by atoms with Gasteiger partial charge in [-0.2, -0.15) is 0 Å². The lowest BCUT2D eigenvalue weighted by molar-refractivity contribution is 0.204. The van der Waals surface area contributed by atoms with E-state index in [2.05, 4.69) is 6.58 Å². The molecule has 1 atom stereocenters. The highest BCUT2D eigenvalue weighted by Gasteiger charge is 1.96. The van der Waals surface area contributed by atoms with Crippen molar-refractivity contribution in [3.05, 3.63) is 12.7 Å². The smallest absolute Gasteiger partial charge is 0.409 e. The molecule has 0 aromatic carbocycles. The number of rotatable bonds is 4. The Balaban J connectivity index is 3.03. The highest BCUT2D eigenvalue weighted by atomic mass is 28.2. The molecule has 0 amide bonds. The summed E-state index contributed by atoms with van der Waals surface area (Å²) in [5, 5.41) is 0. The van der Waals surface area contributed by atoms with Crippen LogP contribution in [0.4, 0.5) is 0 Å². The highest BCUT2D eigenvalue weighted by Crippen LogP contribution is 1.94. The molecule has 0 aromatic rings. The van der Waals surface area contributed by atoms with Gasteiger partial charge < -0.3 is 9.22 Å². The molecule has 0 aliphatic heterocycles. The zero-order valence-corrected chi connectivity index (χ0v) is 5.92. The molecule has 2 nitrogen and oxygen atoms in total. The summed E-state index contributed by atoms with van der Waals surface area (Å²) < 4.78 is 4.79. The van der Waals surface area contributed by atoms with Gasteiger partial charge in [0.15, 0.2) is 0 Å². The quantitative estimate of drug-likeness (QED) is 0.443. The maximum atomic E-state index is 8.23. The van der Waals surface area contributed by atoms with E-state index in [1.165, 1.54) is 0 Å². The minimum atomic E-state index is -0.400. The van der Waals surface area contributed by atoms with Crippen molar-refractivity contribution >= 4 is 10.0 Å². The van der Waals surface area contributed by atoms with Crippen LogP contribution in [0.5, 0.6) is 0 Å². The molecular weight excluding hydrogens is 120 g/mol. The maximum absolute atomic E-state index is 8.23. The molecule has 0 fully saturated rings. The van der Waals surface area contributed by atoms with Crippen LogP contribution >= 0.6 is 0 Å². The minimum Gasteiger partial charge on any atom is -0.409 e. The molecule has 0 heterocycles. The Morgan fingerprint density at radius 1 is 2.00 bits per heavy atom. The molecule has 0 saturated carbocycles. The van der Waals surface area contributed by atoms with Crippen LogP contribution in [0.15, 0.2) is 12.7 Å². The normalized spacial score (nSPS) is 13.2. The molecule has 1 unspecified atom stereocenters. The largest absolute Gasteiger partial charge is 0.430 e. The van der Waals surface area contributed by atoms with E-state index in [1.54, 1.807) is 6.08 Å². The highest BCUT2D eigenvalue weighted by molar-refractivity contribution is 6.15. The Morgan fingerprint density at radius 2 is 2.62 bits per heavy atom. The monoisotopic (exact) mass is 130 g/mol. The van der Waals surface area contributed by atoms with Crippen molar-refractivity contribution in [3.8, 4) is 0 Å². The van der Waals surface area contributed by atoms with Gasteiger partial charge in [-0.25, -0.2) is 0 Å². The van der Waals surface area contributed by atoms with Crippen LogP contribution in [0, 0.1) is 0 Å². The maximum Gasteiger partial charge on any atom is 0.430 e. The minimum absolute atomic E-state index is 0.107. The molecule has 0 aromatic heterocycles.